The maximum atomic E-state index is 12.8. The topological polar surface area (TPSA) is 54.0 Å². The molecule has 1 atom stereocenters. The highest BCUT2D eigenvalue weighted by Gasteiger charge is 2.20. The van der Waals surface area contributed by atoms with Gasteiger partial charge in [-0.2, -0.15) is 0 Å². The Morgan fingerprint density at radius 1 is 1.41 bits per heavy atom. The molecule has 2 N–H and O–H groups in total. The lowest BCUT2D eigenvalue weighted by Crippen LogP contribution is -2.28. The van der Waals surface area contributed by atoms with Crippen LogP contribution in [0.2, 0.25) is 0 Å². The number of rotatable bonds is 4. The number of aromatic nitrogens is 1. The van der Waals surface area contributed by atoms with Crippen LogP contribution in [0.15, 0.2) is 29.6 Å². The van der Waals surface area contributed by atoms with E-state index in [0.717, 1.165) is 36.5 Å². The number of benzene rings is 1. The molecule has 116 valence electrons. The number of piperidine rings is 1. The summed E-state index contributed by atoms with van der Waals surface area (Å²) in [6.07, 6.45) is 2.27. The van der Waals surface area contributed by atoms with Crippen molar-refractivity contribution < 1.29 is 9.18 Å². The van der Waals surface area contributed by atoms with Crippen LogP contribution in [-0.2, 0) is 6.54 Å². The molecule has 4 nitrogen and oxygen atoms in total. The van der Waals surface area contributed by atoms with Gasteiger partial charge in [-0.1, -0.05) is 12.1 Å². The van der Waals surface area contributed by atoms with Crippen molar-refractivity contribution in [2.75, 3.05) is 13.1 Å². The number of hydrogen-bond acceptors (Lipinski definition) is 4. The van der Waals surface area contributed by atoms with E-state index in [1.165, 1.54) is 12.1 Å². The summed E-state index contributed by atoms with van der Waals surface area (Å²) in [7, 11) is 0. The monoisotopic (exact) mass is 319 g/mol. The normalized spacial score (nSPS) is 18.1. The number of hydrogen-bond donors (Lipinski definition) is 2. The third-order valence-corrected chi connectivity index (χ3v) is 4.77. The van der Waals surface area contributed by atoms with E-state index < -0.39 is 0 Å². The molecule has 1 aromatic carbocycles. The molecule has 0 bridgehead atoms. The van der Waals surface area contributed by atoms with E-state index in [0.29, 0.717) is 18.2 Å². The summed E-state index contributed by atoms with van der Waals surface area (Å²) >= 11 is 1.55. The first-order valence-corrected chi connectivity index (χ1v) is 8.29. The van der Waals surface area contributed by atoms with E-state index in [4.69, 9.17) is 0 Å². The third-order valence-electron chi connectivity index (χ3n) is 3.77. The van der Waals surface area contributed by atoms with E-state index in [-0.39, 0.29) is 11.7 Å². The van der Waals surface area contributed by atoms with Crippen LogP contribution < -0.4 is 10.6 Å². The molecule has 1 aliphatic rings. The number of nitrogens with zero attached hydrogens (tertiary/aromatic N) is 1. The Kier molecular flexibility index (Phi) is 4.80. The van der Waals surface area contributed by atoms with Crippen LogP contribution in [0.25, 0.3) is 0 Å². The highest BCUT2D eigenvalue weighted by molar-refractivity contribution is 7.09. The first-order chi connectivity index (χ1) is 10.7. The SMILES string of the molecule is O=C(NCc1ccc(F)cc1)c1csc(C2CCCNC2)n1. The van der Waals surface area contributed by atoms with Crippen LogP contribution in [0, 0.1) is 5.82 Å². The standard InChI is InChI=1S/C16H18FN3OS/c17-13-5-3-11(4-6-13)8-19-15(21)14-10-22-16(20-14)12-2-1-7-18-9-12/h3-6,10,12,18H,1-2,7-9H2,(H,19,21). The largest absolute Gasteiger partial charge is 0.347 e. The van der Waals surface area contributed by atoms with Crippen molar-refractivity contribution in [3.05, 3.63) is 51.7 Å². The maximum absolute atomic E-state index is 12.8. The van der Waals surface area contributed by atoms with Gasteiger partial charge in [-0.3, -0.25) is 4.79 Å². The summed E-state index contributed by atoms with van der Waals surface area (Å²) in [4.78, 5) is 16.6. The molecule has 1 aliphatic heterocycles. The zero-order valence-electron chi connectivity index (χ0n) is 12.1. The van der Waals surface area contributed by atoms with Gasteiger partial charge < -0.3 is 10.6 Å². The van der Waals surface area contributed by atoms with Gasteiger partial charge in [-0.25, -0.2) is 9.37 Å². The molecule has 22 heavy (non-hydrogen) atoms. The number of halogens is 1. The van der Waals surface area contributed by atoms with Crippen molar-refractivity contribution in [2.45, 2.75) is 25.3 Å². The van der Waals surface area contributed by atoms with Gasteiger partial charge in [0.15, 0.2) is 0 Å². The van der Waals surface area contributed by atoms with Crippen LogP contribution >= 0.6 is 11.3 Å². The number of carbonyl (C=O) groups excluding carboxylic acids is 1. The second kappa shape index (κ2) is 6.98. The molecular formula is C16H18FN3OS. The maximum Gasteiger partial charge on any atom is 0.271 e. The minimum Gasteiger partial charge on any atom is -0.347 e. The van der Waals surface area contributed by atoms with Gasteiger partial charge in [-0.15, -0.1) is 11.3 Å². The second-order valence-corrected chi connectivity index (χ2v) is 6.31. The highest BCUT2D eigenvalue weighted by atomic mass is 32.1. The first-order valence-electron chi connectivity index (χ1n) is 7.41. The van der Waals surface area contributed by atoms with E-state index >= 15 is 0 Å². The van der Waals surface area contributed by atoms with Crippen LogP contribution in [-0.4, -0.2) is 24.0 Å². The molecule has 3 rings (SSSR count). The average Bonchev–Trinajstić information content (AvgIpc) is 3.05. The highest BCUT2D eigenvalue weighted by Crippen LogP contribution is 2.26. The van der Waals surface area contributed by atoms with Gasteiger partial charge in [0, 0.05) is 24.4 Å². The van der Waals surface area contributed by atoms with Crippen molar-refractivity contribution in [1.29, 1.82) is 0 Å². The van der Waals surface area contributed by atoms with Crippen molar-refractivity contribution in [1.82, 2.24) is 15.6 Å². The molecule has 0 spiro atoms. The number of amides is 1. The Labute approximate surface area is 132 Å². The summed E-state index contributed by atoms with van der Waals surface area (Å²) in [5, 5.41) is 9.01. The minimum absolute atomic E-state index is 0.185. The average molecular weight is 319 g/mol. The molecule has 0 aliphatic carbocycles. The van der Waals surface area contributed by atoms with Crippen LogP contribution in [0.3, 0.4) is 0 Å². The molecule has 0 radical (unpaired) electrons. The molecule has 1 saturated heterocycles. The fourth-order valence-electron chi connectivity index (χ4n) is 2.52. The van der Waals surface area contributed by atoms with E-state index in [2.05, 4.69) is 15.6 Å². The Morgan fingerprint density at radius 3 is 2.95 bits per heavy atom. The Morgan fingerprint density at radius 2 is 2.23 bits per heavy atom. The lowest BCUT2D eigenvalue weighted by Gasteiger charge is -2.20. The van der Waals surface area contributed by atoms with Gasteiger partial charge >= 0.3 is 0 Å². The number of nitrogens with one attached hydrogen (secondary N) is 2. The Bertz CT molecular complexity index is 635. The Balaban J connectivity index is 1.58. The van der Waals surface area contributed by atoms with Gasteiger partial charge in [0.1, 0.15) is 11.5 Å². The third kappa shape index (κ3) is 3.69. The van der Waals surface area contributed by atoms with Gasteiger partial charge in [0.05, 0.1) is 5.01 Å². The molecule has 2 aromatic rings. The fourth-order valence-corrected chi connectivity index (χ4v) is 3.45. The molecule has 0 saturated carbocycles. The summed E-state index contributed by atoms with van der Waals surface area (Å²) in [6, 6.07) is 6.10. The number of thiazole rings is 1. The predicted octanol–water partition coefficient (Wildman–Crippen LogP) is 2.68. The lowest BCUT2D eigenvalue weighted by atomic mass is 10.0. The first kappa shape index (κ1) is 15.1. The van der Waals surface area contributed by atoms with E-state index in [9.17, 15) is 9.18 Å². The van der Waals surface area contributed by atoms with Crippen molar-refractivity contribution in [2.24, 2.45) is 0 Å². The van der Waals surface area contributed by atoms with E-state index in [1.54, 1.807) is 23.5 Å². The predicted molar refractivity (Wildman–Crippen MR) is 84.5 cm³/mol. The lowest BCUT2D eigenvalue weighted by molar-refractivity contribution is 0.0946. The fraction of sp³-hybridized carbons (Fsp3) is 0.375. The van der Waals surface area contributed by atoms with Gasteiger partial charge in [0.25, 0.3) is 5.91 Å². The van der Waals surface area contributed by atoms with Crippen molar-refractivity contribution in [3.63, 3.8) is 0 Å². The molecule has 1 amide bonds. The molecular weight excluding hydrogens is 301 g/mol. The quantitative estimate of drug-likeness (QED) is 0.911. The van der Waals surface area contributed by atoms with Crippen molar-refractivity contribution >= 4 is 17.2 Å². The van der Waals surface area contributed by atoms with Crippen LogP contribution in [0.4, 0.5) is 4.39 Å². The summed E-state index contributed by atoms with van der Waals surface area (Å²) in [5.41, 5.74) is 1.33. The minimum atomic E-state index is -0.277. The molecule has 1 fully saturated rings. The summed E-state index contributed by atoms with van der Waals surface area (Å²) < 4.78 is 12.8. The molecule has 1 aromatic heterocycles. The van der Waals surface area contributed by atoms with Gasteiger partial charge in [-0.05, 0) is 37.1 Å². The zero-order chi connectivity index (χ0) is 15.4. The van der Waals surface area contributed by atoms with Crippen LogP contribution in [0.1, 0.15) is 39.8 Å². The Hall–Kier alpha value is -1.79. The molecule has 1 unspecified atom stereocenters. The number of carbonyl (C=O) groups is 1. The zero-order valence-corrected chi connectivity index (χ0v) is 13.0. The summed E-state index contributed by atoms with van der Waals surface area (Å²) in [5.74, 6) is -0.0479. The smallest absolute Gasteiger partial charge is 0.271 e. The summed E-state index contributed by atoms with van der Waals surface area (Å²) in [6.45, 7) is 2.37. The molecule has 2 heterocycles. The van der Waals surface area contributed by atoms with E-state index in [1.807, 2.05) is 5.38 Å². The van der Waals surface area contributed by atoms with Crippen LogP contribution in [0.5, 0.6) is 0 Å². The van der Waals surface area contributed by atoms with Crippen molar-refractivity contribution in [3.8, 4) is 0 Å². The van der Waals surface area contributed by atoms with Gasteiger partial charge in [0.2, 0.25) is 0 Å². The second-order valence-electron chi connectivity index (χ2n) is 5.42. The molecule has 6 heteroatoms.